The Balaban J connectivity index is 2.33. The minimum Gasteiger partial charge on any atom is -0.322 e. The lowest BCUT2D eigenvalue weighted by atomic mass is 10.2. The first kappa shape index (κ1) is 13.6. The predicted molar refractivity (Wildman–Crippen MR) is 81.2 cm³/mol. The maximum Gasteiger partial charge on any atom is 0.249 e. The number of aryl methyl sites for hydroxylation is 1. The number of hydrogen-bond acceptors (Lipinski definition) is 3. The van der Waals surface area contributed by atoms with Crippen LogP contribution >= 0.6 is 0 Å². The number of hydrogen-bond donors (Lipinski definition) is 1. The third-order valence-electron chi connectivity index (χ3n) is 3.33. The highest BCUT2D eigenvalue weighted by Gasteiger charge is 2.21. The molecule has 0 aliphatic heterocycles. The van der Waals surface area contributed by atoms with E-state index in [1.54, 1.807) is 48.5 Å². The number of aromatic amines is 1. The Hall–Kier alpha value is -2.40. The molecule has 0 saturated heterocycles. The van der Waals surface area contributed by atoms with Gasteiger partial charge in [-0.3, -0.25) is 4.79 Å². The molecule has 1 heterocycles. The first-order valence-electron chi connectivity index (χ1n) is 6.42. The molecule has 1 N–H and O–H groups in total. The van der Waals surface area contributed by atoms with Crippen molar-refractivity contribution in [2.75, 3.05) is 0 Å². The van der Waals surface area contributed by atoms with Crippen molar-refractivity contribution in [3.05, 3.63) is 70.5 Å². The van der Waals surface area contributed by atoms with Crippen LogP contribution in [0.4, 0.5) is 0 Å². The second-order valence-corrected chi connectivity index (χ2v) is 6.78. The Morgan fingerprint density at radius 1 is 0.952 bits per heavy atom. The Morgan fingerprint density at radius 3 is 2.33 bits per heavy atom. The van der Waals surface area contributed by atoms with Gasteiger partial charge < -0.3 is 4.98 Å². The summed E-state index contributed by atoms with van der Waals surface area (Å²) >= 11 is 0. The summed E-state index contributed by atoms with van der Waals surface area (Å²) < 4.78 is 25.5. The number of aromatic nitrogens is 1. The van der Waals surface area contributed by atoms with Gasteiger partial charge in [-0.2, -0.15) is 0 Å². The first-order chi connectivity index (χ1) is 9.98. The van der Waals surface area contributed by atoms with Crippen LogP contribution in [-0.2, 0) is 9.84 Å². The highest BCUT2D eigenvalue weighted by atomic mass is 32.2. The molecule has 3 rings (SSSR count). The summed E-state index contributed by atoms with van der Waals surface area (Å²) in [4.78, 5) is 14.6. The third kappa shape index (κ3) is 2.36. The zero-order valence-corrected chi connectivity index (χ0v) is 12.1. The van der Waals surface area contributed by atoms with Crippen molar-refractivity contribution in [2.24, 2.45) is 0 Å². The van der Waals surface area contributed by atoms with E-state index >= 15 is 0 Å². The lowest BCUT2D eigenvalue weighted by molar-refractivity contribution is 0.596. The average molecular weight is 299 g/mol. The monoisotopic (exact) mass is 299 g/mol. The fraction of sp³-hybridized carbons (Fsp3) is 0.0625. The van der Waals surface area contributed by atoms with Crippen molar-refractivity contribution in [2.45, 2.75) is 16.7 Å². The Morgan fingerprint density at radius 2 is 1.62 bits per heavy atom. The van der Waals surface area contributed by atoms with Crippen molar-refractivity contribution < 1.29 is 8.42 Å². The molecule has 0 fully saturated rings. The van der Waals surface area contributed by atoms with E-state index in [1.807, 2.05) is 6.92 Å². The number of pyridine rings is 1. The first-order valence-corrected chi connectivity index (χ1v) is 7.90. The molecule has 1 aromatic heterocycles. The largest absolute Gasteiger partial charge is 0.322 e. The summed E-state index contributed by atoms with van der Waals surface area (Å²) in [5, 5.41) is 0.512. The smallest absolute Gasteiger partial charge is 0.249 e. The summed E-state index contributed by atoms with van der Waals surface area (Å²) in [5.41, 5.74) is 1.06. The van der Waals surface area contributed by atoms with Crippen molar-refractivity contribution in [3.8, 4) is 0 Å². The summed E-state index contributed by atoms with van der Waals surface area (Å²) in [6, 6.07) is 14.6. The molecule has 2 aromatic carbocycles. The lowest BCUT2D eigenvalue weighted by Gasteiger charge is -2.08. The van der Waals surface area contributed by atoms with Crippen LogP contribution in [0.1, 0.15) is 5.56 Å². The van der Waals surface area contributed by atoms with Crippen molar-refractivity contribution >= 4 is 20.7 Å². The Labute approximate surface area is 122 Å². The topological polar surface area (TPSA) is 67.0 Å². The SMILES string of the molecule is Cc1ccc(S(=O)(=O)c2cc(=O)[nH]c3ccccc23)cc1. The number of H-pyrrole nitrogens is 1. The van der Waals surface area contributed by atoms with Gasteiger partial charge in [0.2, 0.25) is 15.4 Å². The summed E-state index contributed by atoms with van der Waals surface area (Å²) in [5.74, 6) is 0. The number of fused-ring (bicyclic) bond motifs is 1. The van der Waals surface area contributed by atoms with Gasteiger partial charge in [0.05, 0.1) is 9.79 Å². The van der Waals surface area contributed by atoms with E-state index in [4.69, 9.17) is 0 Å². The van der Waals surface area contributed by atoms with Crippen LogP contribution in [0.15, 0.2) is 69.2 Å². The molecule has 0 spiro atoms. The molecular formula is C16H13NO3S. The van der Waals surface area contributed by atoms with Crippen LogP contribution in [0.25, 0.3) is 10.9 Å². The van der Waals surface area contributed by atoms with Gasteiger partial charge in [-0.15, -0.1) is 0 Å². The number of para-hydroxylation sites is 1. The molecule has 0 aliphatic carbocycles. The van der Waals surface area contributed by atoms with Gasteiger partial charge in [0.15, 0.2) is 0 Å². The molecule has 0 saturated carbocycles. The van der Waals surface area contributed by atoms with Crippen LogP contribution in [0.5, 0.6) is 0 Å². The zero-order chi connectivity index (χ0) is 15.0. The van der Waals surface area contributed by atoms with Crippen molar-refractivity contribution in [1.82, 2.24) is 4.98 Å². The van der Waals surface area contributed by atoms with Gasteiger partial charge in [0.25, 0.3) is 0 Å². The van der Waals surface area contributed by atoms with Crippen LogP contribution in [0.3, 0.4) is 0 Å². The molecule has 0 radical (unpaired) electrons. The molecule has 0 amide bonds. The van der Waals surface area contributed by atoms with E-state index in [1.165, 1.54) is 0 Å². The molecule has 3 aromatic rings. The minimum absolute atomic E-state index is 0.0331. The van der Waals surface area contributed by atoms with Crippen molar-refractivity contribution in [1.29, 1.82) is 0 Å². The van der Waals surface area contributed by atoms with Gasteiger partial charge >= 0.3 is 0 Å². The Kier molecular flexibility index (Phi) is 3.14. The van der Waals surface area contributed by atoms with E-state index in [0.717, 1.165) is 11.6 Å². The summed E-state index contributed by atoms with van der Waals surface area (Å²) in [6.45, 7) is 1.89. The highest BCUT2D eigenvalue weighted by molar-refractivity contribution is 7.91. The third-order valence-corrected chi connectivity index (χ3v) is 5.14. The minimum atomic E-state index is -3.72. The molecular weight excluding hydrogens is 286 g/mol. The van der Waals surface area contributed by atoms with Crippen LogP contribution in [-0.4, -0.2) is 13.4 Å². The molecule has 0 bridgehead atoms. The van der Waals surface area contributed by atoms with Gasteiger partial charge in [-0.25, -0.2) is 8.42 Å². The molecule has 0 atom stereocenters. The number of rotatable bonds is 2. The van der Waals surface area contributed by atoms with Crippen LogP contribution < -0.4 is 5.56 Å². The van der Waals surface area contributed by atoms with Gasteiger partial charge in [0.1, 0.15) is 0 Å². The number of nitrogens with one attached hydrogen (secondary N) is 1. The maximum atomic E-state index is 12.8. The van der Waals surface area contributed by atoms with E-state index in [0.29, 0.717) is 10.9 Å². The number of sulfone groups is 1. The average Bonchev–Trinajstić information content (AvgIpc) is 2.46. The molecule has 4 nitrogen and oxygen atoms in total. The highest BCUT2D eigenvalue weighted by Crippen LogP contribution is 2.26. The van der Waals surface area contributed by atoms with E-state index in [9.17, 15) is 13.2 Å². The fourth-order valence-corrected chi connectivity index (χ4v) is 3.72. The zero-order valence-electron chi connectivity index (χ0n) is 11.3. The summed E-state index contributed by atoms with van der Waals surface area (Å²) in [6.07, 6.45) is 0. The Bertz CT molecular complexity index is 970. The predicted octanol–water partition coefficient (Wildman–Crippen LogP) is 2.67. The molecule has 21 heavy (non-hydrogen) atoms. The van der Waals surface area contributed by atoms with Crippen molar-refractivity contribution in [3.63, 3.8) is 0 Å². The molecule has 0 aliphatic rings. The molecule has 106 valence electrons. The second-order valence-electron chi connectivity index (χ2n) is 4.86. The van der Waals surface area contributed by atoms with E-state index < -0.39 is 15.4 Å². The second kappa shape index (κ2) is 4.86. The van der Waals surface area contributed by atoms with E-state index in [2.05, 4.69) is 4.98 Å². The normalized spacial score (nSPS) is 11.7. The standard InChI is InChI=1S/C16H13NO3S/c1-11-6-8-12(9-7-11)21(19,20)15-10-16(18)17-14-5-3-2-4-13(14)15/h2-10H,1H3,(H,17,18). The van der Waals surface area contributed by atoms with Gasteiger partial charge in [0, 0.05) is 17.0 Å². The van der Waals surface area contributed by atoms with Gasteiger partial charge in [-0.1, -0.05) is 35.9 Å². The number of benzene rings is 2. The summed E-state index contributed by atoms with van der Waals surface area (Å²) in [7, 11) is -3.72. The maximum absolute atomic E-state index is 12.8. The van der Waals surface area contributed by atoms with Crippen LogP contribution in [0, 0.1) is 6.92 Å². The molecule has 5 heteroatoms. The molecule has 0 unspecified atom stereocenters. The lowest BCUT2D eigenvalue weighted by Crippen LogP contribution is -2.11. The van der Waals surface area contributed by atoms with Crippen LogP contribution in [0.2, 0.25) is 0 Å². The van der Waals surface area contributed by atoms with Gasteiger partial charge in [-0.05, 0) is 25.1 Å². The fourth-order valence-electron chi connectivity index (χ4n) is 2.24. The quantitative estimate of drug-likeness (QED) is 0.791. The van der Waals surface area contributed by atoms with E-state index in [-0.39, 0.29) is 9.79 Å².